The number of pyridine rings is 1. The number of nitrogens with one attached hydrogen (secondary N) is 1. The highest BCUT2D eigenvalue weighted by atomic mass is 19.1. The number of amides is 1. The molecule has 0 saturated carbocycles. The minimum absolute atomic E-state index is 0.0737. The lowest BCUT2D eigenvalue weighted by Crippen LogP contribution is -2.42. The van der Waals surface area contributed by atoms with Crippen LogP contribution in [0.4, 0.5) is 4.39 Å². The molecule has 0 aliphatic rings. The summed E-state index contributed by atoms with van der Waals surface area (Å²) < 4.78 is 30.4. The van der Waals surface area contributed by atoms with Gasteiger partial charge in [0.2, 0.25) is 0 Å². The van der Waals surface area contributed by atoms with E-state index in [-0.39, 0.29) is 17.3 Å². The van der Waals surface area contributed by atoms with E-state index in [1.54, 1.807) is 44.2 Å². The van der Waals surface area contributed by atoms with Crippen LogP contribution in [0.25, 0.3) is 0 Å². The minimum atomic E-state index is -1.07. The summed E-state index contributed by atoms with van der Waals surface area (Å²) in [6.07, 6.45) is -0.238. The van der Waals surface area contributed by atoms with E-state index in [9.17, 15) is 19.1 Å². The van der Waals surface area contributed by atoms with Gasteiger partial charge in [-0.2, -0.15) is 0 Å². The van der Waals surface area contributed by atoms with E-state index >= 15 is 0 Å². The highest BCUT2D eigenvalue weighted by molar-refractivity contribution is 5.97. The Hall–Kier alpha value is -4.14. The second-order valence-corrected chi connectivity index (χ2v) is 7.90. The normalized spacial score (nSPS) is 13.3. The molecule has 0 fully saturated rings. The maximum absolute atomic E-state index is 13.7. The predicted molar refractivity (Wildman–Crippen MR) is 126 cm³/mol. The Morgan fingerprint density at radius 1 is 1.09 bits per heavy atom. The molecular weight excluding hydrogens is 455 g/mol. The summed E-state index contributed by atoms with van der Waals surface area (Å²) in [4.78, 5) is 29.2. The molecule has 35 heavy (non-hydrogen) atoms. The highest BCUT2D eigenvalue weighted by Gasteiger charge is 2.29. The van der Waals surface area contributed by atoms with Gasteiger partial charge in [0.25, 0.3) is 5.91 Å². The number of carbonyl (C=O) groups excluding carboxylic acids is 2. The molecule has 1 amide bonds. The van der Waals surface area contributed by atoms with Crippen LogP contribution >= 0.6 is 0 Å². The average Bonchev–Trinajstić information content (AvgIpc) is 2.83. The number of esters is 1. The Bertz CT molecular complexity index is 1190. The molecule has 0 aliphatic carbocycles. The number of aromatic nitrogens is 1. The molecule has 0 spiro atoms. The summed E-state index contributed by atoms with van der Waals surface area (Å²) >= 11 is 0. The van der Waals surface area contributed by atoms with Gasteiger partial charge in [0, 0.05) is 12.3 Å². The van der Waals surface area contributed by atoms with Gasteiger partial charge in [0.15, 0.2) is 23.3 Å². The maximum atomic E-state index is 13.7. The van der Waals surface area contributed by atoms with Crippen LogP contribution in [-0.2, 0) is 9.53 Å². The molecule has 1 aromatic heterocycles. The zero-order valence-electron chi connectivity index (χ0n) is 19.8. The number of hydrogen-bond acceptors (Lipinski definition) is 7. The quantitative estimate of drug-likeness (QED) is 0.442. The number of nitrogens with zero attached hydrogens (tertiary/aromatic N) is 1. The van der Waals surface area contributed by atoms with Crippen LogP contribution in [-0.4, -0.2) is 41.2 Å². The van der Waals surface area contributed by atoms with Gasteiger partial charge in [-0.25, -0.2) is 14.2 Å². The Kier molecular flexibility index (Phi) is 8.25. The molecule has 1 heterocycles. The lowest BCUT2D eigenvalue weighted by Gasteiger charge is -2.28. The van der Waals surface area contributed by atoms with Crippen LogP contribution in [0.2, 0.25) is 0 Å². The van der Waals surface area contributed by atoms with E-state index in [1.807, 2.05) is 6.07 Å². The molecule has 2 N–H and O–H groups in total. The van der Waals surface area contributed by atoms with Gasteiger partial charge in [-0.05, 0) is 56.2 Å². The molecular formula is C26H27FN2O6. The summed E-state index contributed by atoms with van der Waals surface area (Å²) in [6, 6.07) is 13.6. The number of methoxy groups -OCH3 is 1. The summed E-state index contributed by atoms with van der Waals surface area (Å²) in [5.74, 6) is -1.71. The molecule has 8 nitrogen and oxygen atoms in total. The second-order valence-electron chi connectivity index (χ2n) is 7.90. The van der Waals surface area contributed by atoms with Crippen molar-refractivity contribution < 1.29 is 33.3 Å². The van der Waals surface area contributed by atoms with Crippen LogP contribution in [0.3, 0.4) is 0 Å². The molecule has 9 heteroatoms. The number of rotatable bonds is 9. The predicted octanol–water partition coefficient (Wildman–Crippen LogP) is 4.11. The van der Waals surface area contributed by atoms with Crippen molar-refractivity contribution in [2.45, 2.75) is 39.0 Å². The topological polar surface area (TPSA) is 107 Å². The van der Waals surface area contributed by atoms with Crippen molar-refractivity contribution in [1.29, 1.82) is 0 Å². The van der Waals surface area contributed by atoms with Gasteiger partial charge < -0.3 is 24.6 Å². The minimum Gasteiger partial charge on any atom is -0.503 e. The zero-order valence-corrected chi connectivity index (χ0v) is 19.8. The molecule has 0 saturated heterocycles. The van der Waals surface area contributed by atoms with Gasteiger partial charge in [-0.15, -0.1) is 0 Å². The van der Waals surface area contributed by atoms with Crippen molar-refractivity contribution in [2.75, 3.05) is 7.11 Å². The Morgan fingerprint density at radius 3 is 2.46 bits per heavy atom. The smallest absolute Gasteiger partial charge is 0.328 e. The first-order valence-electron chi connectivity index (χ1n) is 10.9. The van der Waals surface area contributed by atoms with Crippen molar-refractivity contribution in [3.63, 3.8) is 0 Å². The number of aryl methyl sites for hydroxylation is 1. The van der Waals surface area contributed by atoms with Gasteiger partial charge in [0.05, 0.1) is 7.11 Å². The Labute approximate surface area is 202 Å². The van der Waals surface area contributed by atoms with Crippen molar-refractivity contribution in [3.05, 3.63) is 83.4 Å². The number of halogens is 1. The van der Waals surface area contributed by atoms with Gasteiger partial charge in [-0.1, -0.05) is 24.3 Å². The molecule has 3 rings (SSSR count). The van der Waals surface area contributed by atoms with E-state index < -0.39 is 35.9 Å². The fourth-order valence-corrected chi connectivity index (χ4v) is 3.45. The number of carbonyl (C=O) groups is 2. The largest absolute Gasteiger partial charge is 0.503 e. The zero-order chi connectivity index (χ0) is 25.5. The van der Waals surface area contributed by atoms with Gasteiger partial charge in [0.1, 0.15) is 23.7 Å². The molecule has 0 aliphatic heterocycles. The first-order chi connectivity index (χ1) is 16.7. The van der Waals surface area contributed by atoms with Crippen LogP contribution in [0, 0.1) is 12.7 Å². The fraction of sp³-hybridized carbons (Fsp3) is 0.269. The third-order valence-electron chi connectivity index (χ3n) is 5.30. The summed E-state index contributed by atoms with van der Waals surface area (Å²) in [5, 5.41) is 12.6. The van der Waals surface area contributed by atoms with Crippen LogP contribution in [0.15, 0.2) is 60.8 Å². The van der Waals surface area contributed by atoms with Crippen LogP contribution in [0.5, 0.6) is 17.2 Å². The molecule has 0 unspecified atom stereocenters. The highest BCUT2D eigenvalue weighted by Crippen LogP contribution is 2.30. The summed E-state index contributed by atoms with van der Waals surface area (Å²) in [7, 11) is 1.34. The first-order valence-corrected chi connectivity index (χ1v) is 10.9. The maximum Gasteiger partial charge on any atom is 0.328 e. The monoisotopic (exact) mass is 482 g/mol. The molecule has 0 bridgehead atoms. The number of para-hydroxylation sites is 1. The SMILES string of the molecule is COc1ccnc(C(=O)N[C@@H](C)C(=O)O[C@@H](C)[C@H](Oc2ccccc2)c2ccc(F)cc2C)c1O. The summed E-state index contributed by atoms with van der Waals surface area (Å²) in [5.41, 5.74) is 0.997. The number of ether oxygens (including phenoxy) is 3. The van der Waals surface area contributed by atoms with Crippen molar-refractivity contribution in [1.82, 2.24) is 10.3 Å². The standard InChI is InChI=1S/C26H27FN2O6/c1-15-14-18(27)10-11-20(15)24(35-19-8-6-5-7-9-19)17(3)34-26(32)16(2)29-25(31)22-23(30)21(33-4)12-13-28-22/h5-14,16-17,24,30H,1-4H3,(H,29,31)/t16-,17-,24-/m0/s1. The second kappa shape index (κ2) is 11.3. The number of hydrogen-bond donors (Lipinski definition) is 2. The average molecular weight is 483 g/mol. The van der Waals surface area contributed by atoms with Gasteiger partial charge >= 0.3 is 5.97 Å². The Morgan fingerprint density at radius 2 is 1.80 bits per heavy atom. The fourth-order valence-electron chi connectivity index (χ4n) is 3.45. The molecule has 0 radical (unpaired) electrons. The van der Waals surface area contributed by atoms with Crippen LogP contribution in [0.1, 0.15) is 41.6 Å². The van der Waals surface area contributed by atoms with E-state index in [0.29, 0.717) is 16.9 Å². The number of benzene rings is 2. The first kappa shape index (κ1) is 25.5. The lowest BCUT2D eigenvalue weighted by molar-refractivity contribution is -0.154. The third-order valence-corrected chi connectivity index (χ3v) is 5.30. The van der Waals surface area contributed by atoms with E-state index in [0.717, 1.165) is 0 Å². The van der Waals surface area contributed by atoms with Gasteiger partial charge in [-0.3, -0.25) is 4.79 Å². The van der Waals surface area contributed by atoms with Crippen LogP contribution < -0.4 is 14.8 Å². The van der Waals surface area contributed by atoms with Crippen molar-refractivity contribution in [2.24, 2.45) is 0 Å². The third kappa shape index (κ3) is 6.26. The molecule has 3 atom stereocenters. The van der Waals surface area contributed by atoms with E-state index in [4.69, 9.17) is 14.2 Å². The van der Waals surface area contributed by atoms with Crippen molar-refractivity contribution in [3.8, 4) is 17.2 Å². The molecule has 3 aromatic rings. The van der Waals surface area contributed by atoms with E-state index in [2.05, 4.69) is 10.3 Å². The number of aromatic hydroxyl groups is 1. The lowest BCUT2D eigenvalue weighted by atomic mass is 9.99. The summed E-state index contributed by atoms with van der Waals surface area (Å²) in [6.45, 7) is 4.84. The van der Waals surface area contributed by atoms with E-state index in [1.165, 1.54) is 38.4 Å². The molecule has 184 valence electrons. The Balaban J connectivity index is 1.75. The van der Waals surface area contributed by atoms with Crippen molar-refractivity contribution >= 4 is 11.9 Å². The molecule has 2 aromatic carbocycles.